The van der Waals surface area contributed by atoms with Crippen LogP contribution in [0.2, 0.25) is 0 Å². The number of rotatable bonds is 4. The summed E-state index contributed by atoms with van der Waals surface area (Å²) in [5, 5.41) is 2.85. The summed E-state index contributed by atoms with van der Waals surface area (Å²) in [7, 11) is 3.07. The third-order valence-electron chi connectivity index (χ3n) is 5.08. The minimum atomic E-state index is -0.962. The number of methoxy groups -OCH3 is 2. The molecule has 0 radical (unpaired) electrons. The summed E-state index contributed by atoms with van der Waals surface area (Å²) in [4.78, 5) is 13.2. The molecule has 5 atom stereocenters. The molecular weight excluding hydrogens is 382 g/mol. The van der Waals surface area contributed by atoms with Gasteiger partial charge in [-0.1, -0.05) is 0 Å². The van der Waals surface area contributed by atoms with Crippen molar-refractivity contribution in [2.75, 3.05) is 19.5 Å². The van der Waals surface area contributed by atoms with E-state index in [1.165, 1.54) is 7.11 Å². The normalized spacial score (nSPS) is 34.2. The number of fused-ring (bicyclic) bond motifs is 3. The summed E-state index contributed by atoms with van der Waals surface area (Å²) < 4.78 is 40.4. The first kappa shape index (κ1) is 20.4. The number of ether oxygens (including phenoxy) is 7. The van der Waals surface area contributed by atoms with Crippen molar-refractivity contribution < 1.29 is 38.0 Å². The number of hydrogen-bond donors (Lipinski definition) is 1. The molecule has 4 rings (SSSR count). The molecule has 0 aromatic heterocycles. The summed E-state index contributed by atoms with van der Waals surface area (Å²) in [5.41, 5.74) is 0.459. The highest BCUT2D eigenvalue weighted by atomic mass is 16.9. The Morgan fingerprint density at radius 2 is 1.59 bits per heavy atom. The van der Waals surface area contributed by atoms with E-state index in [2.05, 4.69) is 5.32 Å². The van der Waals surface area contributed by atoms with Gasteiger partial charge in [-0.05, 0) is 39.8 Å². The molecule has 1 aromatic rings. The highest BCUT2D eigenvalue weighted by molar-refractivity contribution is 5.96. The van der Waals surface area contributed by atoms with Crippen LogP contribution in [0.5, 0.6) is 11.5 Å². The third kappa shape index (κ3) is 3.80. The highest BCUT2D eigenvalue weighted by Crippen LogP contribution is 2.44. The Labute approximate surface area is 169 Å². The van der Waals surface area contributed by atoms with Gasteiger partial charge in [0.1, 0.15) is 29.8 Å². The molecule has 3 aliphatic rings. The van der Waals surface area contributed by atoms with E-state index < -0.39 is 48.2 Å². The number of carbonyl (C=O) groups excluding carboxylic acids is 1. The van der Waals surface area contributed by atoms with Crippen molar-refractivity contribution in [2.45, 2.75) is 70.0 Å². The van der Waals surface area contributed by atoms with Crippen molar-refractivity contribution >= 4 is 11.6 Å². The Morgan fingerprint density at radius 1 is 0.931 bits per heavy atom. The number of benzene rings is 1. The van der Waals surface area contributed by atoms with Crippen molar-refractivity contribution in [3.63, 3.8) is 0 Å². The molecule has 0 aliphatic carbocycles. The van der Waals surface area contributed by atoms with Gasteiger partial charge in [-0.25, -0.2) is 0 Å². The van der Waals surface area contributed by atoms with Crippen molar-refractivity contribution in [1.29, 1.82) is 0 Å². The van der Waals surface area contributed by atoms with Gasteiger partial charge in [0.25, 0.3) is 5.91 Å². The van der Waals surface area contributed by atoms with Crippen LogP contribution in [-0.2, 0) is 28.5 Å². The van der Waals surface area contributed by atoms with E-state index >= 15 is 0 Å². The Kier molecular flexibility index (Phi) is 4.99. The average Bonchev–Trinajstić information content (AvgIpc) is 3.14. The van der Waals surface area contributed by atoms with Crippen LogP contribution in [0.3, 0.4) is 0 Å². The van der Waals surface area contributed by atoms with Crippen LogP contribution in [0.1, 0.15) is 27.7 Å². The Hall–Kier alpha value is -1.91. The van der Waals surface area contributed by atoms with Crippen molar-refractivity contribution in [3.8, 4) is 11.5 Å². The van der Waals surface area contributed by atoms with Crippen LogP contribution in [0.25, 0.3) is 0 Å². The lowest BCUT2D eigenvalue weighted by molar-refractivity contribution is -0.229. The first-order chi connectivity index (χ1) is 13.6. The molecule has 29 heavy (non-hydrogen) atoms. The summed E-state index contributed by atoms with van der Waals surface area (Å²) in [6.07, 6.45) is -3.36. The fraction of sp³-hybridized carbons (Fsp3) is 0.650. The zero-order valence-electron chi connectivity index (χ0n) is 17.4. The zero-order chi connectivity index (χ0) is 21.0. The second kappa shape index (κ2) is 7.10. The monoisotopic (exact) mass is 409 g/mol. The predicted molar refractivity (Wildman–Crippen MR) is 101 cm³/mol. The number of hydrogen-bond acceptors (Lipinski definition) is 8. The van der Waals surface area contributed by atoms with Gasteiger partial charge in [-0.2, -0.15) is 0 Å². The topological polar surface area (TPSA) is 93.7 Å². The molecule has 3 heterocycles. The van der Waals surface area contributed by atoms with Gasteiger partial charge < -0.3 is 38.5 Å². The first-order valence-corrected chi connectivity index (χ1v) is 9.52. The standard InChI is InChI=1S/C20H27NO8/c1-19(2)26-13-14(27-19)16-18(29-20(3,4)28-16)25-15(13)17(22)21-11-9-10(23-5)7-8-12(11)24-6/h7-9,13-16,18H,1-6H3,(H,21,22)/t13-,14-,15-,16-,18+/m1/s1. The average molecular weight is 409 g/mol. The molecular formula is C20H27NO8. The fourth-order valence-electron chi connectivity index (χ4n) is 3.94. The van der Waals surface area contributed by atoms with Crippen LogP contribution < -0.4 is 14.8 Å². The number of nitrogens with one attached hydrogen (secondary N) is 1. The lowest BCUT2D eigenvalue weighted by Gasteiger charge is -2.36. The molecule has 160 valence electrons. The Bertz CT molecular complexity index is 795. The predicted octanol–water partition coefficient (Wildman–Crippen LogP) is 2.04. The molecule has 3 aliphatic heterocycles. The Balaban J connectivity index is 1.60. The van der Waals surface area contributed by atoms with E-state index in [-0.39, 0.29) is 0 Å². The molecule has 3 fully saturated rings. The van der Waals surface area contributed by atoms with E-state index in [1.54, 1.807) is 53.0 Å². The molecule has 9 heteroatoms. The quantitative estimate of drug-likeness (QED) is 0.808. The van der Waals surface area contributed by atoms with Crippen LogP contribution in [0, 0.1) is 0 Å². The van der Waals surface area contributed by atoms with Gasteiger partial charge in [0.05, 0.1) is 19.9 Å². The summed E-state index contributed by atoms with van der Waals surface area (Å²) in [6, 6.07) is 5.13. The van der Waals surface area contributed by atoms with Crippen LogP contribution in [-0.4, -0.2) is 62.4 Å². The zero-order valence-corrected chi connectivity index (χ0v) is 17.4. The molecule has 3 saturated heterocycles. The molecule has 0 bridgehead atoms. The van der Waals surface area contributed by atoms with Crippen LogP contribution >= 0.6 is 0 Å². The molecule has 1 amide bonds. The molecule has 1 N–H and O–H groups in total. The maximum absolute atomic E-state index is 13.2. The highest BCUT2D eigenvalue weighted by Gasteiger charge is 2.62. The van der Waals surface area contributed by atoms with E-state index in [1.807, 2.05) is 0 Å². The number of amides is 1. The second-order valence-electron chi connectivity index (χ2n) is 8.15. The maximum Gasteiger partial charge on any atom is 0.256 e. The first-order valence-electron chi connectivity index (χ1n) is 9.52. The molecule has 1 aromatic carbocycles. The number of anilines is 1. The van der Waals surface area contributed by atoms with Crippen LogP contribution in [0.4, 0.5) is 5.69 Å². The molecule has 0 saturated carbocycles. The molecule has 0 unspecified atom stereocenters. The smallest absolute Gasteiger partial charge is 0.256 e. The largest absolute Gasteiger partial charge is 0.497 e. The Morgan fingerprint density at radius 3 is 2.28 bits per heavy atom. The summed E-state index contributed by atoms with van der Waals surface area (Å²) >= 11 is 0. The summed E-state index contributed by atoms with van der Waals surface area (Å²) in [5.74, 6) is -1.05. The number of carbonyl (C=O) groups is 1. The van der Waals surface area contributed by atoms with E-state index in [0.29, 0.717) is 17.2 Å². The summed E-state index contributed by atoms with van der Waals surface area (Å²) in [6.45, 7) is 7.17. The van der Waals surface area contributed by atoms with E-state index in [4.69, 9.17) is 33.2 Å². The van der Waals surface area contributed by atoms with E-state index in [0.717, 1.165) is 0 Å². The van der Waals surface area contributed by atoms with E-state index in [9.17, 15) is 4.79 Å². The van der Waals surface area contributed by atoms with Crippen molar-refractivity contribution in [3.05, 3.63) is 18.2 Å². The van der Waals surface area contributed by atoms with Gasteiger partial charge in [-0.15, -0.1) is 0 Å². The third-order valence-corrected chi connectivity index (χ3v) is 5.08. The van der Waals surface area contributed by atoms with Gasteiger partial charge in [0.15, 0.2) is 24.0 Å². The minimum Gasteiger partial charge on any atom is -0.497 e. The van der Waals surface area contributed by atoms with Gasteiger partial charge >= 0.3 is 0 Å². The lowest BCUT2D eigenvalue weighted by atomic mass is 9.98. The van der Waals surface area contributed by atoms with Crippen molar-refractivity contribution in [2.24, 2.45) is 0 Å². The van der Waals surface area contributed by atoms with Gasteiger partial charge in [-0.3, -0.25) is 4.79 Å². The van der Waals surface area contributed by atoms with Gasteiger partial charge in [0, 0.05) is 6.07 Å². The second-order valence-corrected chi connectivity index (χ2v) is 8.15. The maximum atomic E-state index is 13.2. The van der Waals surface area contributed by atoms with Gasteiger partial charge in [0.2, 0.25) is 0 Å². The van der Waals surface area contributed by atoms with Crippen molar-refractivity contribution in [1.82, 2.24) is 0 Å². The molecule has 9 nitrogen and oxygen atoms in total. The minimum absolute atomic E-state index is 0.403. The lowest BCUT2D eigenvalue weighted by Crippen LogP contribution is -2.58. The SMILES string of the molecule is COc1ccc(OC)c(NC(=O)[C@@H]2O[C@H]3OC(C)(C)O[C@@H]3[C@@H]3OC(C)(C)O[C@H]32)c1. The van der Waals surface area contributed by atoms with Crippen LogP contribution in [0.15, 0.2) is 18.2 Å². The molecule has 0 spiro atoms. The fourth-order valence-corrected chi connectivity index (χ4v) is 3.94.